The van der Waals surface area contributed by atoms with E-state index < -0.39 is 0 Å². The Bertz CT molecular complexity index is 500. The van der Waals surface area contributed by atoms with Crippen molar-refractivity contribution in [3.8, 4) is 0 Å². The Morgan fingerprint density at radius 1 is 1.52 bits per heavy atom. The number of piperidine rings is 1. The van der Waals surface area contributed by atoms with E-state index in [0.717, 1.165) is 51.2 Å². The van der Waals surface area contributed by atoms with Gasteiger partial charge in [-0.3, -0.25) is 4.79 Å². The first-order chi connectivity index (χ1) is 10.2. The van der Waals surface area contributed by atoms with Gasteiger partial charge >= 0.3 is 0 Å². The molecule has 6 nitrogen and oxygen atoms in total. The molecule has 0 amide bonds. The van der Waals surface area contributed by atoms with Gasteiger partial charge in [0.05, 0.1) is 18.0 Å². The Balaban J connectivity index is 1.71. The molecule has 2 heterocycles. The van der Waals surface area contributed by atoms with E-state index >= 15 is 0 Å². The Kier molecular flexibility index (Phi) is 6.66. The number of hydrogen-bond donors (Lipinski definition) is 2. The van der Waals surface area contributed by atoms with Crippen molar-refractivity contribution < 1.29 is 4.74 Å². The van der Waals surface area contributed by atoms with Crippen LogP contribution in [0.5, 0.6) is 0 Å². The van der Waals surface area contributed by atoms with Gasteiger partial charge in [0.1, 0.15) is 4.47 Å². The largest absolute Gasteiger partial charge is 0.383 e. The van der Waals surface area contributed by atoms with Crippen LogP contribution in [-0.2, 0) is 11.3 Å². The minimum atomic E-state index is -0.103. The molecule has 0 unspecified atom stereocenters. The van der Waals surface area contributed by atoms with E-state index in [9.17, 15) is 4.79 Å². The van der Waals surface area contributed by atoms with Crippen LogP contribution in [-0.4, -0.2) is 42.1 Å². The molecule has 1 aromatic rings. The van der Waals surface area contributed by atoms with Gasteiger partial charge in [-0.1, -0.05) is 0 Å². The Morgan fingerprint density at radius 2 is 2.29 bits per heavy atom. The summed E-state index contributed by atoms with van der Waals surface area (Å²) < 4.78 is 7.80. The van der Waals surface area contributed by atoms with Crippen LogP contribution in [0.15, 0.2) is 15.5 Å². The summed E-state index contributed by atoms with van der Waals surface area (Å²) >= 11 is 3.33. The van der Waals surface area contributed by atoms with Crippen molar-refractivity contribution in [2.24, 2.45) is 0 Å². The molecule has 1 aromatic heterocycles. The van der Waals surface area contributed by atoms with E-state index in [-0.39, 0.29) is 5.56 Å². The van der Waals surface area contributed by atoms with Crippen LogP contribution in [0.3, 0.4) is 0 Å². The molecule has 0 spiro atoms. The molecular formula is C14H23BrN4O2. The van der Waals surface area contributed by atoms with Gasteiger partial charge in [0, 0.05) is 19.7 Å². The maximum atomic E-state index is 11.9. The van der Waals surface area contributed by atoms with E-state index in [2.05, 4.69) is 31.7 Å². The van der Waals surface area contributed by atoms with Crippen LogP contribution in [0.1, 0.15) is 26.2 Å². The van der Waals surface area contributed by atoms with Crippen molar-refractivity contribution in [1.29, 1.82) is 0 Å². The molecule has 0 saturated carbocycles. The SMILES string of the molecule is CCn1ncc(NCCCOC2CCNCC2)c(Br)c1=O. The highest BCUT2D eigenvalue weighted by Gasteiger charge is 2.12. The highest BCUT2D eigenvalue weighted by molar-refractivity contribution is 9.10. The second kappa shape index (κ2) is 8.51. The van der Waals surface area contributed by atoms with Crippen molar-refractivity contribution in [3.63, 3.8) is 0 Å². The molecule has 2 rings (SSSR count). The van der Waals surface area contributed by atoms with Gasteiger partial charge < -0.3 is 15.4 Å². The summed E-state index contributed by atoms with van der Waals surface area (Å²) in [4.78, 5) is 11.9. The van der Waals surface area contributed by atoms with Crippen LogP contribution in [0.25, 0.3) is 0 Å². The van der Waals surface area contributed by atoms with Crippen molar-refractivity contribution in [2.75, 3.05) is 31.6 Å². The van der Waals surface area contributed by atoms with Crippen LogP contribution in [0, 0.1) is 0 Å². The molecule has 0 aliphatic carbocycles. The standard InChI is InChI=1S/C14H23BrN4O2/c1-2-19-14(20)13(15)12(10-18-19)17-6-3-9-21-11-4-7-16-8-5-11/h10-11,16-17H,2-9H2,1H3. The molecule has 1 saturated heterocycles. The molecular weight excluding hydrogens is 336 g/mol. The summed E-state index contributed by atoms with van der Waals surface area (Å²) in [6, 6.07) is 0. The van der Waals surface area contributed by atoms with Crippen molar-refractivity contribution >= 4 is 21.6 Å². The zero-order chi connectivity index (χ0) is 15.1. The van der Waals surface area contributed by atoms with Crippen molar-refractivity contribution in [3.05, 3.63) is 21.0 Å². The third-order valence-electron chi connectivity index (χ3n) is 3.56. The molecule has 2 N–H and O–H groups in total. The van der Waals surface area contributed by atoms with Crippen LogP contribution in [0.2, 0.25) is 0 Å². The maximum Gasteiger partial charge on any atom is 0.283 e. The Labute approximate surface area is 133 Å². The van der Waals surface area contributed by atoms with Gasteiger partial charge in [-0.2, -0.15) is 5.10 Å². The first kappa shape index (κ1) is 16.5. The molecule has 21 heavy (non-hydrogen) atoms. The second-order valence-electron chi connectivity index (χ2n) is 5.09. The average molecular weight is 359 g/mol. The predicted molar refractivity (Wildman–Crippen MR) is 86.8 cm³/mol. The molecule has 0 bridgehead atoms. The van der Waals surface area contributed by atoms with E-state index in [1.54, 1.807) is 6.20 Å². The van der Waals surface area contributed by atoms with E-state index in [0.29, 0.717) is 17.1 Å². The number of nitrogens with one attached hydrogen (secondary N) is 2. The summed E-state index contributed by atoms with van der Waals surface area (Å²) in [7, 11) is 0. The minimum absolute atomic E-state index is 0.103. The zero-order valence-electron chi connectivity index (χ0n) is 12.4. The molecule has 1 aliphatic heterocycles. The third kappa shape index (κ3) is 4.79. The van der Waals surface area contributed by atoms with Gasteiger partial charge in [0.25, 0.3) is 5.56 Å². The Hall–Kier alpha value is -0.920. The molecule has 118 valence electrons. The van der Waals surface area contributed by atoms with Gasteiger partial charge in [0.2, 0.25) is 0 Å². The first-order valence-corrected chi connectivity index (χ1v) is 8.33. The summed E-state index contributed by atoms with van der Waals surface area (Å²) in [5.74, 6) is 0. The summed E-state index contributed by atoms with van der Waals surface area (Å²) in [5.41, 5.74) is 0.639. The fourth-order valence-corrected chi connectivity index (χ4v) is 2.77. The highest BCUT2D eigenvalue weighted by Crippen LogP contribution is 2.16. The molecule has 0 aromatic carbocycles. The average Bonchev–Trinajstić information content (AvgIpc) is 2.52. The summed E-state index contributed by atoms with van der Waals surface area (Å²) in [5, 5.41) is 10.7. The van der Waals surface area contributed by atoms with Crippen molar-refractivity contribution in [2.45, 2.75) is 38.8 Å². The number of hydrogen-bond acceptors (Lipinski definition) is 5. The van der Waals surface area contributed by atoms with E-state index in [4.69, 9.17) is 4.74 Å². The van der Waals surface area contributed by atoms with Crippen molar-refractivity contribution in [1.82, 2.24) is 15.1 Å². The normalized spacial score (nSPS) is 16.1. The highest BCUT2D eigenvalue weighted by atomic mass is 79.9. The summed E-state index contributed by atoms with van der Waals surface area (Å²) in [6.07, 6.45) is 5.18. The number of halogens is 1. The molecule has 0 radical (unpaired) electrons. The number of nitrogens with zero attached hydrogens (tertiary/aromatic N) is 2. The lowest BCUT2D eigenvalue weighted by Gasteiger charge is -2.22. The molecule has 1 aliphatic rings. The van der Waals surface area contributed by atoms with E-state index in [1.807, 2.05) is 6.92 Å². The first-order valence-electron chi connectivity index (χ1n) is 7.54. The molecule has 0 atom stereocenters. The summed E-state index contributed by atoms with van der Waals surface area (Å²) in [6.45, 7) is 6.08. The zero-order valence-corrected chi connectivity index (χ0v) is 14.0. The number of aromatic nitrogens is 2. The smallest absolute Gasteiger partial charge is 0.283 e. The number of rotatable bonds is 7. The van der Waals surface area contributed by atoms with Gasteiger partial charge in [-0.25, -0.2) is 4.68 Å². The van der Waals surface area contributed by atoms with Gasteiger partial charge in [-0.05, 0) is 55.2 Å². The maximum absolute atomic E-state index is 11.9. The topological polar surface area (TPSA) is 68.2 Å². The van der Waals surface area contributed by atoms with Crippen LogP contribution < -0.4 is 16.2 Å². The number of ether oxygens (including phenoxy) is 1. The van der Waals surface area contributed by atoms with Gasteiger partial charge in [0.15, 0.2) is 0 Å². The number of anilines is 1. The molecule has 7 heteroatoms. The lowest BCUT2D eigenvalue weighted by atomic mass is 10.1. The predicted octanol–water partition coefficient (Wildman–Crippen LogP) is 1.60. The third-order valence-corrected chi connectivity index (χ3v) is 4.33. The lowest BCUT2D eigenvalue weighted by Crippen LogP contribution is -2.32. The van der Waals surface area contributed by atoms with Gasteiger partial charge in [-0.15, -0.1) is 0 Å². The molecule has 1 fully saturated rings. The van der Waals surface area contributed by atoms with Crippen LogP contribution >= 0.6 is 15.9 Å². The fraction of sp³-hybridized carbons (Fsp3) is 0.714. The lowest BCUT2D eigenvalue weighted by molar-refractivity contribution is 0.0329. The quantitative estimate of drug-likeness (QED) is 0.724. The van der Waals surface area contributed by atoms with E-state index in [1.165, 1.54) is 4.68 Å². The monoisotopic (exact) mass is 358 g/mol. The minimum Gasteiger partial charge on any atom is -0.383 e. The number of aryl methyl sites for hydroxylation is 1. The Morgan fingerprint density at radius 3 is 3.00 bits per heavy atom. The fourth-order valence-electron chi connectivity index (χ4n) is 2.32. The second-order valence-corrected chi connectivity index (χ2v) is 5.89. The van der Waals surface area contributed by atoms with Crippen LogP contribution in [0.4, 0.5) is 5.69 Å².